The van der Waals surface area contributed by atoms with Crippen molar-refractivity contribution in [3.63, 3.8) is 0 Å². The predicted octanol–water partition coefficient (Wildman–Crippen LogP) is 6.15. The largest absolute Gasteiger partial charge is 0.497 e. The number of Topliss-reactive ketones (excluding diaryl/α,β-unsaturated/α-hetero) is 2. The molecule has 2 heterocycles. The Hall–Kier alpha value is -5.07. The Morgan fingerprint density at radius 2 is 1.20 bits per heavy atom. The molecule has 5 nitrogen and oxygen atoms in total. The minimum Gasteiger partial charge on any atom is -0.497 e. The smallest absolute Gasteiger partial charge is 0.164 e. The van der Waals surface area contributed by atoms with Crippen LogP contribution in [0, 0.1) is 29.5 Å². The summed E-state index contributed by atoms with van der Waals surface area (Å²) in [5.74, 6) is 12.7. The van der Waals surface area contributed by atoms with Crippen molar-refractivity contribution in [3.8, 4) is 29.4 Å². The molecule has 2 aromatic carbocycles. The van der Waals surface area contributed by atoms with E-state index in [-0.39, 0.29) is 17.4 Å². The fourth-order valence-corrected chi connectivity index (χ4v) is 4.67. The van der Waals surface area contributed by atoms with Gasteiger partial charge in [-0.3, -0.25) is 9.59 Å². The second kappa shape index (κ2) is 12.9. The van der Waals surface area contributed by atoms with E-state index in [0.29, 0.717) is 35.4 Å². The maximum absolute atomic E-state index is 13.0. The van der Waals surface area contributed by atoms with Crippen LogP contribution in [-0.2, 0) is 12.8 Å². The van der Waals surface area contributed by atoms with Gasteiger partial charge in [-0.15, -0.1) is 0 Å². The van der Waals surface area contributed by atoms with Gasteiger partial charge in [0.1, 0.15) is 23.0 Å². The quantitative estimate of drug-likeness (QED) is 0.270. The molecule has 6 rings (SSSR count). The summed E-state index contributed by atoms with van der Waals surface area (Å²) in [6.07, 6.45) is 4.63. The average Bonchev–Trinajstić information content (AvgIpc) is 3.00. The Morgan fingerprint density at radius 3 is 1.73 bits per heavy atom. The number of rotatable bonds is 1. The van der Waals surface area contributed by atoms with E-state index in [2.05, 4.69) is 33.6 Å². The van der Waals surface area contributed by atoms with Gasteiger partial charge in [0.25, 0.3) is 0 Å². The van der Waals surface area contributed by atoms with Gasteiger partial charge in [0.15, 0.2) is 11.6 Å². The highest BCUT2D eigenvalue weighted by Gasteiger charge is 2.19. The van der Waals surface area contributed by atoms with Crippen molar-refractivity contribution in [1.29, 1.82) is 0 Å². The van der Waals surface area contributed by atoms with Crippen LogP contribution in [0.5, 0.6) is 5.75 Å². The zero-order valence-electron chi connectivity index (χ0n) is 22.7. The Balaban J connectivity index is 0.000000165. The zero-order chi connectivity index (χ0) is 28.6. The van der Waals surface area contributed by atoms with Crippen molar-refractivity contribution in [3.05, 3.63) is 124 Å². The van der Waals surface area contributed by atoms with Crippen molar-refractivity contribution < 1.29 is 18.7 Å². The first kappa shape index (κ1) is 27.5. The Kier molecular flexibility index (Phi) is 8.62. The number of aryl methyl sites for hydroxylation is 2. The number of halogens is 1. The SMILES string of the molecule is COc1cccc(C#Cc2ccc3c(n2)CCCC3=O)c1.O=C1CCCc2nc(C#Cc3cccc(F)c3)ccc21. The summed E-state index contributed by atoms with van der Waals surface area (Å²) in [5.41, 5.74) is 5.98. The number of benzene rings is 2. The average molecular weight is 543 g/mol. The molecular weight excluding hydrogens is 515 g/mol. The van der Waals surface area contributed by atoms with Gasteiger partial charge in [-0.2, -0.15) is 0 Å². The monoisotopic (exact) mass is 542 g/mol. The first-order chi connectivity index (χ1) is 20.0. The Bertz CT molecular complexity index is 1750. The number of carbonyl (C=O) groups excluding carboxylic acids is 2. The van der Waals surface area contributed by atoms with Crippen LogP contribution in [0.2, 0.25) is 0 Å². The number of hydrogen-bond acceptors (Lipinski definition) is 5. The number of pyridine rings is 2. The lowest BCUT2D eigenvalue weighted by Crippen LogP contribution is -2.12. The summed E-state index contributed by atoms with van der Waals surface area (Å²) in [4.78, 5) is 32.4. The fraction of sp³-hybridized carbons (Fsp3) is 0.200. The number of hydrogen-bond donors (Lipinski definition) is 0. The van der Waals surface area contributed by atoms with Gasteiger partial charge >= 0.3 is 0 Å². The molecule has 0 saturated carbocycles. The van der Waals surface area contributed by atoms with Crippen molar-refractivity contribution in [2.45, 2.75) is 38.5 Å². The Morgan fingerprint density at radius 1 is 0.659 bits per heavy atom. The number of fused-ring (bicyclic) bond motifs is 2. The standard InChI is InChI=1S/C18H15NO2.C17H12FNO/c1-21-15-5-2-4-13(12-15)8-9-14-10-11-16-17(19-14)6-3-7-18(16)20;18-13-4-1-3-12(11-13)7-8-14-9-10-15-16(19-14)5-2-6-17(15)20/h2,4-5,10-12H,3,6-7H2,1H3;1,3-4,9-11H,2,5-6H2. The molecule has 0 spiro atoms. The number of methoxy groups -OCH3 is 1. The lowest BCUT2D eigenvalue weighted by atomic mass is 9.94. The topological polar surface area (TPSA) is 69.2 Å². The van der Waals surface area contributed by atoms with E-state index >= 15 is 0 Å². The molecule has 4 aromatic rings. The van der Waals surface area contributed by atoms with E-state index in [1.807, 2.05) is 36.4 Å². The first-order valence-corrected chi connectivity index (χ1v) is 13.5. The van der Waals surface area contributed by atoms with Crippen LogP contribution in [0.1, 0.15) is 80.3 Å². The molecule has 6 heteroatoms. The predicted molar refractivity (Wildman–Crippen MR) is 154 cm³/mol. The van der Waals surface area contributed by atoms with Crippen LogP contribution in [-0.4, -0.2) is 28.6 Å². The molecule has 2 aliphatic rings. The number of carbonyl (C=O) groups is 2. The summed E-state index contributed by atoms with van der Waals surface area (Å²) in [6.45, 7) is 0. The first-order valence-electron chi connectivity index (χ1n) is 13.5. The third kappa shape index (κ3) is 7.12. The molecule has 0 unspecified atom stereocenters. The van der Waals surface area contributed by atoms with E-state index in [1.165, 1.54) is 12.1 Å². The highest BCUT2D eigenvalue weighted by Crippen LogP contribution is 2.20. The van der Waals surface area contributed by atoms with E-state index in [0.717, 1.165) is 53.9 Å². The van der Waals surface area contributed by atoms with Crippen LogP contribution in [0.3, 0.4) is 0 Å². The van der Waals surface area contributed by atoms with Gasteiger partial charge in [-0.25, -0.2) is 14.4 Å². The number of ketones is 2. The molecule has 0 radical (unpaired) electrons. The molecule has 2 aliphatic carbocycles. The van der Waals surface area contributed by atoms with Crippen molar-refractivity contribution >= 4 is 11.6 Å². The highest BCUT2D eigenvalue weighted by atomic mass is 19.1. The van der Waals surface area contributed by atoms with Crippen molar-refractivity contribution in [2.24, 2.45) is 0 Å². The van der Waals surface area contributed by atoms with Gasteiger partial charge in [0, 0.05) is 35.1 Å². The fourth-order valence-electron chi connectivity index (χ4n) is 4.67. The van der Waals surface area contributed by atoms with Crippen molar-refractivity contribution in [2.75, 3.05) is 7.11 Å². The van der Waals surface area contributed by atoms with Gasteiger partial charge in [0.05, 0.1) is 18.5 Å². The molecule has 41 heavy (non-hydrogen) atoms. The van der Waals surface area contributed by atoms with E-state index in [4.69, 9.17) is 4.74 Å². The van der Waals surface area contributed by atoms with E-state index in [9.17, 15) is 14.0 Å². The second-order valence-electron chi connectivity index (χ2n) is 9.68. The van der Waals surface area contributed by atoms with Gasteiger partial charge < -0.3 is 4.74 Å². The molecule has 2 aromatic heterocycles. The summed E-state index contributed by atoms with van der Waals surface area (Å²) in [7, 11) is 1.63. The lowest BCUT2D eigenvalue weighted by Gasteiger charge is -2.12. The lowest BCUT2D eigenvalue weighted by molar-refractivity contribution is 0.0963. The summed E-state index contributed by atoms with van der Waals surface area (Å²) >= 11 is 0. The summed E-state index contributed by atoms with van der Waals surface area (Å²) < 4.78 is 18.2. The molecule has 0 bridgehead atoms. The summed E-state index contributed by atoms with van der Waals surface area (Å²) in [5, 5.41) is 0. The summed E-state index contributed by atoms with van der Waals surface area (Å²) in [6, 6.07) is 20.9. The molecule has 0 atom stereocenters. The minimum absolute atomic E-state index is 0.156. The number of aromatic nitrogens is 2. The van der Waals surface area contributed by atoms with Crippen LogP contribution in [0.15, 0.2) is 72.8 Å². The molecular formula is C35H27FN2O3. The van der Waals surface area contributed by atoms with Crippen LogP contribution in [0.4, 0.5) is 4.39 Å². The molecule has 0 amide bonds. The van der Waals surface area contributed by atoms with Crippen LogP contribution in [0.25, 0.3) is 0 Å². The zero-order valence-corrected chi connectivity index (χ0v) is 22.7. The number of ether oxygens (including phenoxy) is 1. The molecule has 0 saturated heterocycles. The maximum Gasteiger partial charge on any atom is 0.164 e. The highest BCUT2D eigenvalue weighted by molar-refractivity contribution is 5.98. The van der Waals surface area contributed by atoms with Gasteiger partial charge in [0.2, 0.25) is 0 Å². The maximum atomic E-state index is 13.0. The molecule has 0 N–H and O–H groups in total. The Labute approximate surface area is 238 Å². The normalized spacial score (nSPS) is 13.2. The van der Waals surface area contributed by atoms with Crippen LogP contribution >= 0.6 is 0 Å². The third-order valence-corrected chi connectivity index (χ3v) is 6.75. The number of nitrogens with zero attached hydrogens (tertiary/aromatic N) is 2. The molecule has 0 fully saturated rings. The van der Waals surface area contributed by atoms with Gasteiger partial charge in [-0.1, -0.05) is 24.0 Å². The molecule has 0 aliphatic heterocycles. The van der Waals surface area contributed by atoms with Crippen molar-refractivity contribution in [1.82, 2.24) is 9.97 Å². The van der Waals surface area contributed by atoms with Gasteiger partial charge in [-0.05, 0) is 98.2 Å². The van der Waals surface area contributed by atoms with E-state index < -0.39 is 0 Å². The van der Waals surface area contributed by atoms with E-state index in [1.54, 1.807) is 31.4 Å². The third-order valence-electron chi connectivity index (χ3n) is 6.75. The molecule has 202 valence electrons. The second-order valence-corrected chi connectivity index (χ2v) is 9.68. The minimum atomic E-state index is -0.305. The van der Waals surface area contributed by atoms with Crippen LogP contribution < -0.4 is 4.74 Å².